The van der Waals surface area contributed by atoms with Crippen LogP contribution in [0.3, 0.4) is 0 Å². The number of hydrogen-bond donors (Lipinski definition) is 0. The molecular formula is C8H13F3O. The van der Waals surface area contributed by atoms with Crippen molar-refractivity contribution in [3.05, 3.63) is 0 Å². The van der Waals surface area contributed by atoms with Crippen LogP contribution in [0.15, 0.2) is 0 Å². The summed E-state index contributed by atoms with van der Waals surface area (Å²) in [5, 5.41) is 0. The molecule has 1 atom stereocenters. The lowest BCUT2D eigenvalue weighted by molar-refractivity contribution is -0.177. The summed E-state index contributed by atoms with van der Waals surface area (Å²) in [5.41, 5.74) is 0. The van der Waals surface area contributed by atoms with E-state index in [1.165, 1.54) is 0 Å². The zero-order valence-corrected chi connectivity index (χ0v) is 7.40. The van der Waals surface area contributed by atoms with Gasteiger partial charge in [0.05, 0.1) is 0 Å². The molecule has 0 bridgehead atoms. The van der Waals surface area contributed by atoms with Crippen molar-refractivity contribution in [2.75, 3.05) is 0 Å². The van der Waals surface area contributed by atoms with Crippen LogP contribution >= 0.6 is 0 Å². The molecule has 0 radical (unpaired) electrons. The molecule has 0 spiro atoms. The fraction of sp³-hybridized carbons (Fsp3) is 0.875. The van der Waals surface area contributed by atoms with Crippen LogP contribution in [-0.2, 0) is 4.79 Å². The van der Waals surface area contributed by atoms with Crippen molar-refractivity contribution in [1.29, 1.82) is 0 Å². The van der Waals surface area contributed by atoms with Crippen LogP contribution in [0, 0.1) is 11.8 Å². The monoisotopic (exact) mass is 182 g/mol. The van der Waals surface area contributed by atoms with E-state index in [9.17, 15) is 18.0 Å². The Hall–Kier alpha value is -0.540. The second-order valence-electron chi connectivity index (χ2n) is 3.33. The van der Waals surface area contributed by atoms with Crippen molar-refractivity contribution >= 4 is 5.78 Å². The molecule has 0 saturated carbocycles. The predicted molar refractivity (Wildman–Crippen MR) is 39.7 cm³/mol. The highest BCUT2D eigenvalue weighted by Crippen LogP contribution is 2.27. The van der Waals surface area contributed by atoms with Crippen LogP contribution in [0.4, 0.5) is 13.2 Å². The van der Waals surface area contributed by atoms with E-state index in [-0.39, 0.29) is 12.3 Å². The van der Waals surface area contributed by atoms with E-state index in [1.54, 1.807) is 13.8 Å². The predicted octanol–water partition coefficient (Wildman–Crippen LogP) is 2.80. The molecule has 4 heteroatoms. The second-order valence-corrected chi connectivity index (χ2v) is 3.33. The third kappa shape index (κ3) is 3.74. The molecule has 0 saturated heterocycles. The van der Waals surface area contributed by atoms with E-state index in [0.717, 1.165) is 6.92 Å². The summed E-state index contributed by atoms with van der Waals surface area (Å²) in [6, 6.07) is 0. The van der Waals surface area contributed by atoms with E-state index in [2.05, 4.69) is 0 Å². The Morgan fingerprint density at radius 2 is 1.67 bits per heavy atom. The Morgan fingerprint density at radius 3 is 1.92 bits per heavy atom. The molecule has 0 aromatic rings. The summed E-state index contributed by atoms with van der Waals surface area (Å²) in [6.07, 6.45) is -4.38. The Labute approximate surface area is 70.0 Å². The van der Waals surface area contributed by atoms with Crippen molar-refractivity contribution in [2.24, 2.45) is 11.8 Å². The van der Waals surface area contributed by atoms with Crippen molar-refractivity contribution in [3.8, 4) is 0 Å². The fourth-order valence-electron chi connectivity index (χ4n) is 0.762. The number of rotatable bonds is 3. The van der Waals surface area contributed by atoms with Gasteiger partial charge in [0.2, 0.25) is 0 Å². The van der Waals surface area contributed by atoms with Crippen molar-refractivity contribution in [1.82, 2.24) is 0 Å². The molecule has 12 heavy (non-hydrogen) atoms. The highest BCUT2D eigenvalue weighted by molar-refractivity contribution is 5.81. The number of hydrogen-bond acceptors (Lipinski definition) is 1. The molecule has 0 heterocycles. The van der Waals surface area contributed by atoms with Gasteiger partial charge in [0, 0.05) is 6.42 Å². The van der Waals surface area contributed by atoms with Gasteiger partial charge in [0.15, 0.2) is 0 Å². The third-order valence-electron chi connectivity index (χ3n) is 1.58. The lowest BCUT2D eigenvalue weighted by Crippen LogP contribution is -2.28. The molecule has 0 N–H and O–H groups in total. The summed E-state index contributed by atoms with van der Waals surface area (Å²) in [7, 11) is 0. The normalized spacial score (nSPS) is 14.9. The lowest BCUT2D eigenvalue weighted by Gasteiger charge is -2.14. The highest BCUT2D eigenvalue weighted by atomic mass is 19.4. The molecular weight excluding hydrogens is 169 g/mol. The average Bonchev–Trinajstić information content (AvgIpc) is 1.82. The molecule has 1 nitrogen and oxygen atoms in total. The maximum atomic E-state index is 11.9. The lowest BCUT2D eigenvalue weighted by atomic mass is 9.97. The van der Waals surface area contributed by atoms with Crippen LogP contribution in [0.2, 0.25) is 0 Å². The van der Waals surface area contributed by atoms with Gasteiger partial charge in [-0.2, -0.15) is 13.2 Å². The topological polar surface area (TPSA) is 17.1 Å². The summed E-state index contributed by atoms with van der Waals surface area (Å²) in [4.78, 5) is 10.9. The van der Waals surface area contributed by atoms with Gasteiger partial charge >= 0.3 is 6.18 Å². The minimum absolute atomic E-state index is 0.000671. The molecule has 0 aromatic heterocycles. The standard InChI is InChI=1S/C8H13F3O/c1-5(2)4-7(12)6(3)8(9,10)11/h5-6H,4H2,1-3H3/t6-/m1/s1. The maximum absolute atomic E-state index is 11.9. The van der Waals surface area contributed by atoms with Gasteiger partial charge in [-0.05, 0) is 12.8 Å². The van der Waals surface area contributed by atoms with Crippen LogP contribution < -0.4 is 0 Å². The second kappa shape index (κ2) is 3.92. The molecule has 0 amide bonds. The summed E-state index contributed by atoms with van der Waals surface area (Å²) in [6.45, 7) is 4.35. The molecule has 72 valence electrons. The minimum Gasteiger partial charge on any atom is -0.299 e. The molecule has 0 aliphatic heterocycles. The molecule has 0 aliphatic carbocycles. The number of carbonyl (C=O) groups excluding carboxylic acids is 1. The Kier molecular flexibility index (Phi) is 3.74. The van der Waals surface area contributed by atoms with Gasteiger partial charge < -0.3 is 0 Å². The van der Waals surface area contributed by atoms with E-state index >= 15 is 0 Å². The first-order chi connectivity index (χ1) is 5.25. The smallest absolute Gasteiger partial charge is 0.299 e. The van der Waals surface area contributed by atoms with Gasteiger partial charge in [-0.3, -0.25) is 4.79 Å². The average molecular weight is 182 g/mol. The summed E-state index contributed by atoms with van der Waals surface area (Å²) in [5.74, 6) is -2.56. The Morgan fingerprint density at radius 1 is 1.25 bits per heavy atom. The first-order valence-electron chi connectivity index (χ1n) is 3.84. The molecule has 0 fully saturated rings. The van der Waals surface area contributed by atoms with Crippen LogP contribution in [0.1, 0.15) is 27.2 Å². The fourth-order valence-corrected chi connectivity index (χ4v) is 0.762. The van der Waals surface area contributed by atoms with E-state index in [4.69, 9.17) is 0 Å². The van der Waals surface area contributed by atoms with Gasteiger partial charge in [0.1, 0.15) is 11.7 Å². The quantitative estimate of drug-likeness (QED) is 0.655. The Bertz CT molecular complexity index is 160. The van der Waals surface area contributed by atoms with E-state index in [0.29, 0.717) is 0 Å². The zero-order valence-electron chi connectivity index (χ0n) is 7.40. The summed E-state index contributed by atoms with van der Waals surface area (Å²) < 4.78 is 35.8. The molecule has 0 aliphatic rings. The number of Topliss-reactive ketones (excluding diaryl/α,β-unsaturated/α-hetero) is 1. The van der Waals surface area contributed by atoms with Gasteiger partial charge in [-0.25, -0.2) is 0 Å². The highest BCUT2D eigenvalue weighted by Gasteiger charge is 2.40. The van der Waals surface area contributed by atoms with Crippen LogP contribution in [0.5, 0.6) is 0 Å². The zero-order chi connectivity index (χ0) is 9.94. The minimum atomic E-state index is -4.38. The number of ketones is 1. The number of alkyl halides is 3. The van der Waals surface area contributed by atoms with E-state index < -0.39 is 17.9 Å². The molecule has 0 aromatic carbocycles. The Balaban J connectivity index is 4.12. The van der Waals surface area contributed by atoms with Gasteiger partial charge in [-0.1, -0.05) is 13.8 Å². The third-order valence-corrected chi connectivity index (χ3v) is 1.58. The maximum Gasteiger partial charge on any atom is 0.398 e. The molecule has 0 rings (SSSR count). The van der Waals surface area contributed by atoms with Crippen molar-refractivity contribution < 1.29 is 18.0 Å². The first-order valence-corrected chi connectivity index (χ1v) is 3.84. The SMILES string of the molecule is CC(C)CC(=O)[C@@H](C)C(F)(F)F. The van der Waals surface area contributed by atoms with E-state index in [1.807, 2.05) is 0 Å². The first kappa shape index (κ1) is 11.5. The van der Waals surface area contributed by atoms with Crippen LogP contribution in [-0.4, -0.2) is 12.0 Å². The van der Waals surface area contributed by atoms with Crippen molar-refractivity contribution in [3.63, 3.8) is 0 Å². The molecule has 0 unspecified atom stereocenters. The largest absolute Gasteiger partial charge is 0.398 e. The number of halogens is 3. The van der Waals surface area contributed by atoms with Crippen LogP contribution in [0.25, 0.3) is 0 Å². The van der Waals surface area contributed by atoms with Crippen molar-refractivity contribution in [2.45, 2.75) is 33.4 Å². The summed E-state index contributed by atoms with van der Waals surface area (Å²) >= 11 is 0. The van der Waals surface area contributed by atoms with Gasteiger partial charge in [0.25, 0.3) is 0 Å². The van der Waals surface area contributed by atoms with Gasteiger partial charge in [-0.15, -0.1) is 0 Å². The number of carbonyl (C=O) groups is 1.